The van der Waals surface area contributed by atoms with E-state index in [2.05, 4.69) is 0 Å². The highest BCUT2D eigenvalue weighted by Crippen LogP contribution is 2.37. The summed E-state index contributed by atoms with van der Waals surface area (Å²) in [6, 6.07) is 2.84. The van der Waals surface area contributed by atoms with Crippen molar-refractivity contribution in [3.8, 4) is 11.5 Å². The van der Waals surface area contributed by atoms with Gasteiger partial charge in [-0.2, -0.15) is 4.31 Å². The minimum Gasteiger partial charge on any atom is -0.493 e. The van der Waals surface area contributed by atoms with E-state index in [0.717, 1.165) is 6.42 Å². The van der Waals surface area contributed by atoms with Crippen molar-refractivity contribution in [3.63, 3.8) is 0 Å². The van der Waals surface area contributed by atoms with Crippen LogP contribution in [0.25, 0.3) is 0 Å². The molecule has 1 aliphatic heterocycles. The van der Waals surface area contributed by atoms with Gasteiger partial charge in [-0.1, -0.05) is 11.6 Å². The summed E-state index contributed by atoms with van der Waals surface area (Å²) in [6.07, 6.45) is 0.765. The van der Waals surface area contributed by atoms with Crippen LogP contribution in [0, 0.1) is 5.92 Å². The van der Waals surface area contributed by atoms with Crippen molar-refractivity contribution >= 4 is 34.0 Å². The van der Waals surface area contributed by atoms with E-state index in [9.17, 15) is 8.42 Å². The molecule has 1 unspecified atom stereocenters. The third-order valence-corrected chi connectivity index (χ3v) is 5.97. The van der Waals surface area contributed by atoms with Crippen LogP contribution in [-0.4, -0.2) is 46.6 Å². The summed E-state index contributed by atoms with van der Waals surface area (Å²) < 4.78 is 37.0. The number of sulfonamides is 1. The Kier molecular flexibility index (Phi) is 6.76. The van der Waals surface area contributed by atoms with Gasteiger partial charge in [0.25, 0.3) is 0 Å². The molecule has 0 aromatic heterocycles. The van der Waals surface area contributed by atoms with Crippen LogP contribution in [0.5, 0.6) is 11.5 Å². The first-order chi connectivity index (χ1) is 9.93. The molecular formula is C13H20Cl2N2O4S. The predicted molar refractivity (Wildman–Crippen MR) is 87.7 cm³/mol. The molecule has 2 rings (SSSR count). The van der Waals surface area contributed by atoms with Crippen LogP contribution in [0.15, 0.2) is 17.0 Å². The van der Waals surface area contributed by atoms with Crippen molar-refractivity contribution in [2.24, 2.45) is 11.7 Å². The molecule has 0 radical (unpaired) electrons. The van der Waals surface area contributed by atoms with Gasteiger partial charge >= 0.3 is 0 Å². The fraction of sp³-hybridized carbons (Fsp3) is 0.538. The molecule has 1 heterocycles. The van der Waals surface area contributed by atoms with E-state index in [1.165, 1.54) is 30.7 Å². The second kappa shape index (κ2) is 7.70. The number of halogens is 2. The van der Waals surface area contributed by atoms with Crippen molar-refractivity contribution in [2.45, 2.75) is 11.3 Å². The van der Waals surface area contributed by atoms with Crippen LogP contribution in [0.4, 0.5) is 0 Å². The van der Waals surface area contributed by atoms with E-state index in [-0.39, 0.29) is 28.2 Å². The van der Waals surface area contributed by atoms with E-state index in [1.807, 2.05) is 0 Å². The summed E-state index contributed by atoms with van der Waals surface area (Å²) in [6.45, 7) is 1.35. The van der Waals surface area contributed by atoms with E-state index in [1.54, 1.807) is 0 Å². The molecule has 1 fully saturated rings. The molecular weight excluding hydrogens is 351 g/mol. The van der Waals surface area contributed by atoms with Gasteiger partial charge in [-0.15, -0.1) is 12.4 Å². The van der Waals surface area contributed by atoms with Crippen LogP contribution in [0.2, 0.25) is 5.02 Å². The van der Waals surface area contributed by atoms with E-state index in [4.69, 9.17) is 26.8 Å². The molecule has 0 aliphatic carbocycles. The molecule has 1 atom stereocenters. The molecule has 9 heteroatoms. The fourth-order valence-corrected chi connectivity index (χ4v) is 4.42. The number of benzene rings is 1. The van der Waals surface area contributed by atoms with Crippen molar-refractivity contribution in [1.29, 1.82) is 0 Å². The summed E-state index contributed by atoms with van der Waals surface area (Å²) in [5.74, 6) is 0.913. The third kappa shape index (κ3) is 3.60. The van der Waals surface area contributed by atoms with Crippen LogP contribution in [0.3, 0.4) is 0 Å². The van der Waals surface area contributed by atoms with Crippen LogP contribution in [0.1, 0.15) is 6.42 Å². The number of rotatable bonds is 5. The Hall–Kier alpha value is -0.730. The largest absolute Gasteiger partial charge is 0.493 e. The minimum atomic E-state index is -3.66. The maximum absolute atomic E-state index is 12.7. The van der Waals surface area contributed by atoms with Crippen LogP contribution < -0.4 is 15.2 Å². The van der Waals surface area contributed by atoms with E-state index >= 15 is 0 Å². The van der Waals surface area contributed by atoms with Crippen molar-refractivity contribution in [1.82, 2.24) is 4.31 Å². The van der Waals surface area contributed by atoms with Crippen molar-refractivity contribution < 1.29 is 17.9 Å². The summed E-state index contributed by atoms with van der Waals surface area (Å²) >= 11 is 6.10. The fourth-order valence-electron chi connectivity index (χ4n) is 2.38. The summed E-state index contributed by atoms with van der Waals surface area (Å²) in [5, 5.41) is 0.115. The molecule has 0 spiro atoms. The topological polar surface area (TPSA) is 81.9 Å². The zero-order valence-corrected chi connectivity index (χ0v) is 14.8. The molecule has 1 aromatic rings. The van der Waals surface area contributed by atoms with Gasteiger partial charge in [-0.25, -0.2) is 8.42 Å². The average molecular weight is 371 g/mol. The zero-order chi connectivity index (χ0) is 15.6. The normalized spacial score (nSPS) is 18.8. The minimum absolute atomic E-state index is 0. The third-order valence-electron chi connectivity index (χ3n) is 3.64. The molecule has 0 bridgehead atoms. The van der Waals surface area contributed by atoms with Gasteiger partial charge < -0.3 is 15.2 Å². The Labute approximate surface area is 142 Å². The number of hydrogen-bond donors (Lipinski definition) is 1. The van der Waals surface area contributed by atoms with Gasteiger partial charge in [0.05, 0.1) is 19.2 Å². The smallest absolute Gasteiger partial charge is 0.244 e. The Bertz CT molecular complexity index is 625. The quantitative estimate of drug-likeness (QED) is 0.853. The highest BCUT2D eigenvalue weighted by Gasteiger charge is 2.34. The molecule has 126 valence electrons. The Balaban J connectivity index is 0.00000242. The predicted octanol–water partition coefficient (Wildman–Crippen LogP) is 1.75. The van der Waals surface area contributed by atoms with Gasteiger partial charge in [-0.05, 0) is 18.9 Å². The van der Waals surface area contributed by atoms with Gasteiger partial charge in [-0.3, -0.25) is 0 Å². The Morgan fingerprint density at radius 2 is 1.91 bits per heavy atom. The molecule has 0 saturated carbocycles. The Morgan fingerprint density at radius 3 is 2.41 bits per heavy atom. The number of nitrogens with zero attached hydrogens (tertiary/aromatic N) is 1. The van der Waals surface area contributed by atoms with Crippen LogP contribution >= 0.6 is 24.0 Å². The lowest BCUT2D eigenvalue weighted by Gasteiger charge is -2.18. The average Bonchev–Trinajstić information content (AvgIpc) is 2.96. The monoisotopic (exact) mass is 370 g/mol. The van der Waals surface area contributed by atoms with Gasteiger partial charge in [0.1, 0.15) is 4.90 Å². The zero-order valence-electron chi connectivity index (χ0n) is 12.4. The highest BCUT2D eigenvalue weighted by molar-refractivity contribution is 7.89. The van der Waals surface area contributed by atoms with E-state index in [0.29, 0.717) is 31.1 Å². The van der Waals surface area contributed by atoms with Crippen LogP contribution in [-0.2, 0) is 10.0 Å². The van der Waals surface area contributed by atoms with Gasteiger partial charge in [0.2, 0.25) is 10.0 Å². The summed E-state index contributed by atoms with van der Waals surface area (Å²) in [7, 11) is -0.746. The van der Waals surface area contributed by atoms with Crippen molar-refractivity contribution in [2.75, 3.05) is 33.9 Å². The standard InChI is InChI=1S/C13H19ClN2O4S.ClH/c1-19-11-5-10(14)13(6-12(11)20-2)21(17,18)16-4-3-9(7-15)8-16;/h5-6,9H,3-4,7-8,15H2,1-2H3;1H. The molecule has 1 aromatic carbocycles. The number of ether oxygens (including phenoxy) is 2. The molecule has 6 nitrogen and oxygen atoms in total. The molecule has 22 heavy (non-hydrogen) atoms. The van der Waals surface area contributed by atoms with Gasteiger partial charge in [0, 0.05) is 25.2 Å². The first kappa shape index (κ1) is 19.3. The first-order valence-electron chi connectivity index (χ1n) is 6.55. The summed E-state index contributed by atoms with van der Waals surface area (Å²) in [4.78, 5) is 0.0273. The Morgan fingerprint density at radius 1 is 1.32 bits per heavy atom. The maximum Gasteiger partial charge on any atom is 0.244 e. The second-order valence-corrected chi connectivity index (χ2v) is 7.20. The number of nitrogens with two attached hydrogens (primary N) is 1. The molecule has 0 amide bonds. The lowest BCUT2D eigenvalue weighted by molar-refractivity contribution is 0.353. The maximum atomic E-state index is 12.7. The molecule has 2 N–H and O–H groups in total. The number of methoxy groups -OCH3 is 2. The van der Waals surface area contributed by atoms with E-state index < -0.39 is 10.0 Å². The van der Waals surface area contributed by atoms with Gasteiger partial charge in [0.15, 0.2) is 11.5 Å². The first-order valence-corrected chi connectivity index (χ1v) is 8.37. The number of hydrogen-bond acceptors (Lipinski definition) is 5. The highest BCUT2D eigenvalue weighted by atomic mass is 35.5. The summed E-state index contributed by atoms with van der Waals surface area (Å²) in [5.41, 5.74) is 5.61. The lowest BCUT2D eigenvalue weighted by Crippen LogP contribution is -2.30. The molecule has 1 aliphatic rings. The SMILES string of the molecule is COc1cc(Cl)c(S(=O)(=O)N2CCC(CN)C2)cc1OC.Cl. The van der Waals surface area contributed by atoms with Crippen molar-refractivity contribution in [3.05, 3.63) is 17.2 Å². The second-order valence-electron chi connectivity index (χ2n) is 4.89. The lowest BCUT2D eigenvalue weighted by atomic mass is 10.1. The molecule has 1 saturated heterocycles.